The first kappa shape index (κ1) is 9.28. The lowest BCUT2D eigenvalue weighted by atomic mass is 9.75. The number of carbonyl (C=O) groups excluding carboxylic acids is 1. The second kappa shape index (κ2) is 3.73. The van der Waals surface area contributed by atoms with E-state index in [1.807, 2.05) is 26.0 Å². The van der Waals surface area contributed by atoms with Crippen LogP contribution in [0.15, 0.2) is 17.9 Å². The Morgan fingerprint density at radius 3 is 2.83 bits per heavy atom. The van der Waals surface area contributed by atoms with E-state index in [4.69, 9.17) is 0 Å². The third kappa shape index (κ3) is 1.86. The van der Waals surface area contributed by atoms with Crippen LogP contribution in [0.4, 0.5) is 0 Å². The number of carbonyl (C=O) groups is 1. The van der Waals surface area contributed by atoms with E-state index in [1.165, 1.54) is 6.42 Å². The summed E-state index contributed by atoms with van der Waals surface area (Å²) >= 11 is 0. The zero-order chi connectivity index (χ0) is 9.03. The normalized spacial score (nSPS) is 29.3. The van der Waals surface area contributed by atoms with Crippen molar-refractivity contribution < 1.29 is 4.79 Å². The minimum Gasteiger partial charge on any atom is -0.299 e. The largest absolute Gasteiger partial charge is 0.299 e. The molecular formula is C11H16O. The zero-order valence-corrected chi connectivity index (χ0v) is 7.89. The van der Waals surface area contributed by atoms with Crippen LogP contribution in [0.5, 0.6) is 0 Å². The van der Waals surface area contributed by atoms with Gasteiger partial charge < -0.3 is 0 Å². The maximum Gasteiger partial charge on any atom is 0.143 e. The number of allylic oxidation sites excluding steroid dienone is 1. The molecule has 1 aliphatic rings. The van der Waals surface area contributed by atoms with E-state index in [2.05, 4.69) is 5.73 Å². The molecule has 1 rings (SSSR count). The molecule has 1 atom stereocenters. The first-order valence-electron chi connectivity index (χ1n) is 4.60. The van der Waals surface area contributed by atoms with E-state index in [0.29, 0.717) is 5.78 Å². The van der Waals surface area contributed by atoms with Crippen LogP contribution in [0.25, 0.3) is 0 Å². The molecule has 0 radical (unpaired) electrons. The summed E-state index contributed by atoms with van der Waals surface area (Å²) in [6, 6.07) is 0. The van der Waals surface area contributed by atoms with Crippen molar-refractivity contribution in [1.82, 2.24) is 0 Å². The highest BCUT2D eigenvalue weighted by Gasteiger charge is 2.32. The van der Waals surface area contributed by atoms with Crippen LogP contribution in [0.1, 0.15) is 39.5 Å². The van der Waals surface area contributed by atoms with Crippen LogP contribution in [-0.2, 0) is 4.79 Å². The van der Waals surface area contributed by atoms with Gasteiger partial charge in [0.05, 0.1) is 5.41 Å². The van der Waals surface area contributed by atoms with Gasteiger partial charge in [-0.2, -0.15) is 0 Å². The van der Waals surface area contributed by atoms with E-state index < -0.39 is 0 Å². The van der Waals surface area contributed by atoms with E-state index in [0.717, 1.165) is 19.3 Å². The topological polar surface area (TPSA) is 17.1 Å². The molecule has 0 heterocycles. The first-order chi connectivity index (χ1) is 5.69. The van der Waals surface area contributed by atoms with Gasteiger partial charge in [-0.15, -0.1) is 5.73 Å². The lowest BCUT2D eigenvalue weighted by Gasteiger charge is -2.27. The number of ketones is 1. The zero-order valence-electron chi connectivity index (χ0n) is 7.89. The van der Waals surface area contributed by atoms with E-state index >= 15 is 0 Å². The highest BCUT2D eigenvalue weighted by molar-refractivity contribution is 5.86. The van der Waals surface area contributed by atoms with Crippen molar-refractivity contribution >= 4 is 5.78 Å². The number of hydrogen-bond acceptors (Lipinski definition) is 1. The smallest absolute Gasteiger partial charge is 0.143 e. The van der Waals surface area contributed by atoms with E-state index in [-0.39, 0.29) is 5.41 Å². The third-order valence-electron chi connectivity index (χ3n) is 2.56. The molecule has 1 heteroatoms. The van der Waals surface area contributed by atoms with Gasteiger partial charge in [-0.3, -0.25) is 4.79 Å². The SMILES string of the molecule is CC=C=CC1(C)CCCCC1=O. The predicted octanol–water partition coefficient (Wildman–Crippen LogP) is 2.87. The Kier molecular flexibility index (Phi) is 2.88. The van der Waals surface area contributed by atoms with Crippen molar-refractivity contribution in [1.29, 1.82) is 0 Å². The molecule has 66 valence electrons. The summed E-state index contributed by atoms with van der Waals surface area (Å²) in [6.45, 7) is 3.94. The third-order valence-corrected chi connectivity index (χ3v) is 2.56. The second-order valence-corrected chi connectivity index (χ2v) is 3.65. The van der Waals surface area contributed by atoms with Crippen LogP contribution in [-0.4, -0.2) is 5.78 Å². The summed E-state index contributed by atoms with van der Waals surface area (Å²) in [5, 5.41) is 0. The monoisotopic (exact) mass is 164 g/mol. The summed E-state index contributed by atoms with van der Waals surface area (Å²) in [7, 11) is 0. The lowest BCUT2D eigenvalue weighted by molar-refractivity contribution is -0.127. The van der Waals surface area contributed by atoms with Crippen LogP contribution >= 0.6 is 0 Å². The molecule has 1 fully saturated rings. The maximum atomic E-state index is 11.5. The Balaban J connectivity index is 2.79. The molecule has 0 spiro atoms. The van der Waals surface area contributed by atoms with Crippen molar-refractivity contribution in [3.8, 4) is 0 Å². The molecule has 1 unspecified atom stereocenters. The Bertz CT molecular complexity index is 229. The van der Waals surface area contributed by atoms with Gasteiger partial charge in [0.1, 0.15) is 5.78 Å². The van der Waals surface area contributed by atoms with Crippen LogP contribution in [0.2, 0.25) is 0 Å². The van der Waals surface area contributed by atoms with Gasteiger partial charge in [0.15, 0.2) is 0 Å². The number of Topliss-reactive ketones (excluding diaryl/α,β-unsaturated/α-hetero) is 1. The summed E-state index contributed by atoms with van der Waals surface area (Å²) in [5.41, 5.74) is 2.80. The Morgan fingerprint density at radius 1 is 1.50 bits per heavy atom. The molecule has 0 bridgehead atoms. The summed E-state index contributed by atoms with van der Waals surface area (Å²) in [6.07, 6.45) is 7.76. The highest BCUT2D eigenvalue weighted by Crippen LogP contribution is 2.33. The van der Waals surface area contributed by atoms with Gasteiger partial charge in [0, 0.05) is 6.42 Å². The summed E-state index contributed by atoms with van der Waals surface area (Å²) in [5.74, 6) is 0.378. The van der Waals surface area contributed by atoms with Gasteiger partial charge in [0.2, 0.25) is 0 Å². The fraction of sp³-hybridized carbons (Fsp3) is 0.636. The van der Waals surface area contributed by atoms with Crippen molar-refractivity contribution in [2.75, 3.05) is 0 Å². The molecule has 1 saturated carbocycles. The van der Waals surface area contributed by atoms with Crippen molar-refractivity contribution in [3.63, 3.8) is 0 Å². The summed E-state index contributed by atoms with van der Waals surface area (Å²) < 4.78 is 0. The predicted molar refractivity (Wildman–Crippen MR) is 49.9 cm³/mol. The molecule has 0 saturated heterocycles. The van der Waals surface area contributed by atoms with Crippen molar-refractivity contribution in [3.05, 3.63) is 17.9 Å². The minimum absolute atomic E-state index is 0.218. The van der Waals surface area contributed by atoms with Crippen molar-refractivity contribution in [2.24, 2.45) is 5.41 Å². The number of hydrogen-bond donors (Lipinski definition) is 0. The Labute approximate surface area is 74.2 Å². The standard InChI is InChI=1S/C11H16O/c1-3-4-8-11(2)9-6-5-7-10(11)12/h3,8H,5-7,9H2,1-2H3. The van der Waals surface area contributed by atoms with Crippen LogP contribution in [0.3, 0.4) is 0 Å². The highest BCUT2D eigenvalue weighted by atomic mass is 16.1. The van der Waals surface area contributed by atoms with Gasteiger partial charge >= 0.3 is 0 Å². The van der Waals surface area contributed by atoms with Crippen molar-refractivity contribution in [2.45, 2.75) is 39.5 Å². The molecule has 0 aromatic carbocycles. The molecule has 0 aliphatic heterocycles. The maximum absolute atomic E-state index is 11.5. The molecule has 0 N–H and O–H groups in total. The lowest BCUT2D eigenvalue weighted by Crippen LogP contribution is -2.28. The molecule has 0 aromatic heterocycles. The number of rotatable bonds is 1. The fourth-order valence-electron chi connectivity index (χ4n) is 1.62. The Morgan fingerprint density at radius 2 is 2.25 bits per heavy atom. The van der Waals surface area contributed by atoms with Gasteiger partial charge in [-0.25, -0.2) is 0 Å². The fourth-order valence-corrected chi connectivity index (χ4v) is 1.62. The summed E-state index contributed by atoms with van der Waals surface area (Å²) in [4.78, 5) is 11.5. The molecular weight excluding hydrogens is 148 g/mol. The molecule has 1 aliphatic carbocycles. The first-order valence-corrected chi connectivity index (χ1v) is 4.60. The van der Waals surface area contributed by atoms with Crippen LogP contribution < -0.4 is 0 Å². The quantitative estimate of drug-likeness (QED) is 0.545. The minimum atomic E-state index is -0.218. The van der Waals surface area contributed by atoms with Crippen LogP contribution in [0, 0.1) is 5.41 Å². The molecule has 1 nitrogen and oxygen atoms in total. The molecule has 0 aromatic rings. The van der Waals surface area contributed by atoms with Gasteiger partial charge in [-0.05, 0) is 38.8 Å². The van der Waals surface area contributed by atoms with E-state index in [1.54, 1.807) is 0 Å². The second-order valence-electron chi connectivity index (χ2n) is 3.65. The van der Waals surface area contributed by atoms with Gasteiger partial charge in [0.25, 0.3) is 0 Å². The van der Waals surface area contributed by atoms with Gasteiger partial charge in [-0.1, -0.05) is 6.42 Å². The average Bonchev–Trinajstić information content (AvgIpc) is 2.07. The van der Waals surface area contributed by atoms with E-state index in [9.17, 15) is 4.79 Å². The Hall–Kier alpha value is -0.810. The molecule has 0 amide bonds. The molecule has 12 heavy (non-hydrogen) atoms. The average molecular weight is 164 g/mol.